The van der Waals surface area contributed by atoms with Crippen molar-refractivity contribution < 1.29 is 9.90 Å². The van der Waals surface area contributed by atoms with E-state index in [1.165, 1.54) is 19.3 Å². The number of hydrogen-bond donors (Lipinski definition) is 1. The summed E-state index contributed by atoms with van der Waals surface area (Å²) in [6, 6.07) is 0.436. The minimum Gasteiger partial charge on any atom is -0.481 e. The van der Waals surface area contributed by atoms with Crippen LogP contribution in [0.2, 0.25) is 0 Å². The summed E-state index contributed by atoms with van der Waals surface area (Å²) in [6.07, 6.45) is 7.77. The molecule has 88 valence electrons. The van der Waals surface area contributed by atoms with Gasteiger partial charge in [0.2, 0.25) is 0 Å². The molecule has 16 heavy (non-hydrogen) atoms. The van der Waals surface area contributed by atoms with Gasteiger partial charge < -0.3 is 5.11 Å². The van der Waals surface area contributed by atoms with Gasteiger partial charge in [-0.1, -0.05) is 19.3 Å². The zero-order chi connectivity index (χ0) is 11.5. The van der Waals surface area contributed by atoms with Crippen LogP contribution < -0.4 is 0 Å². The topological polar surface area (TPSA) is 55.1 Å². The summed E-state index contributed by atoms with van der Waals surface area (Å²) in [6.45, 7) is 0. The van der Waals surface area contributed by atoms with E-state index in [9.17, 15) is 4.79 Å². The van der Waals surface area contributed by atoms with Crippen molar-refractivity contribution >= 4 is 21.9 Å². The van der Waals surface area contributed by atoms with Crippen LogP contribution in [0.5, 0.6) is 0 Å². The van der Waals surface area contributed by atoms with Gasteiger partial charge in [-0.05, 0) is 28.8 Å². The standard InChI is InChI=1S/C11H15BrN2O2/c12-11-8(6-10(15)16)7-13-14(11)9-4-2-1-3-5-9/h7,9H,1-6H2,(H,15,16). The third-order valence-electron chi connectivity index (χ3n) is 3.07. The number of rotatable bonds is 3. The predicted molar refractivity (Wildman–Crippen MR) is 63.4 cm³/mol. The summed E-state index contributed by atoms with van der Waals surface area (Å²) in [5.74, 6) is -0.816. The summed E-state index contributed by atoms with van der Waals surface area (Å²) in [4.78, 5) is 10.6. The average Bonchev–Trinajstić information content (AvgIpc) is 2.61. The minimum absolute atomic E-state index is 0.0350. The third-order valence-corrected chi connectivity index (χ3v) is 3.94. The molecule has 1 aliphatic rings. The summed E-state index contributed by atoms with van der Waals surface area (Å²) in [5, 5.41) is 13.1. The fraction of sp³-hybridized carbons (Fsp3) is 0.636. The molecule has 1 aromatic heterocycles. The molecule has 5 heteroatoms. The Kier molecular flexibility index (Phi) is 3.63. The summed E-state index contributed by atoms with van der Waals surface area (Å²) in [5.41, 5.74) is 0.762. The summed E-state index contributed by atoms with van der Waals surface area (Å²) >= 11 is 3.45. The number of carboxylic acid groups (broad SMARTS) is 1. The SMILES string of the molecule is O=C(O)Cc1cnn(C2CCCCC2)c1Br. The molecule has 0 saturated heterocycles. The Labute approximate surface area is 103 Å². The molecule has 4 nitrogen and oxygen atoms in total. The lowest BCUT2D eigenvalue weighted by Crippen LogP contribution is -2.14. The van der Waals surface area contributed by atoms with Crippen LogP contribution in [0.15, 0.2) is 10.8 Å². The molecular weight excluding hydrogens is 272 g/mol. The van der Waals surface area contributed by atoms with Gasteiger partial charge in [-0.15, -0.1) is 0 Å². The van der Waals surface area contributed by atoms with Gasteiger partial charge in [0, 0.05) is 5.56 Å². The van der Waals surface area contributed by atoms with Crippen molar-refractivity contribution in [2.24, 2.45) is 0 Å². The molecule has 0 spiro atoms. The molecule has 0 aliphatic heterocycles. The van der Waals surface area contributed by atoms with Crippen LogP contribution in [0.3, 0.4) is 0 Å². The Hall–Kier alpha value is -0.840. The van der Waals surface area contributed by atoms with Gasteiger partial charge in [-0.3, -0.25) is 9.48 Å². The molecule has 1 fully saturated rings. The van der Waals surface area contributed by atoms with Gasteiger partial charge in [-0.25, -0.2) is 0 Å². The molecule has 0 bridgehead atoms. The lowest BCUT2D eigenvalue weighted by atomic mass is 9.96. The molecule has 1 aromatic rings. The van der Waals surface area contributed by atoms with Gasteiger partial charge in [-0.2, -0.15) is 5.10 Å². The zero-order valence-electron chi connectivity index (χ0n) is 9.03. The first-order valence-corrected chi connectivity index (χ1v) is 6.41. The lowest BCUT2D eigenvalue weighted by molar-refractivity contribution is -0.136. The number of halogens is 1. The van der Waals surface area contributed by atoms with Crippen LogP contribution in [0.4, 0.5) is 0 Å². The van der Waals surface area contributed by atoms with E-state index >= 15 is 0 Å². The highest BCUT2D eigenvalue weighted by molar-refractivity contribution is 9.10. The first-order valence-electron chi connectivity index (χ1n) is 5.62. The largest absolute Gasteiger partial charge is 0.481 e. The highest BCUT2D eigenvalue weighted by Crippen LogP contribution is 2.31. The molecule has 0 radical (unpaired) electrons. The molecule has 0 aromatic carbocycles. The maximum atomic E-state index is 10.6. The van der Waals surface area contributed by atoms with Gasteiger partial charge >= 0.3 is 5.97 Å². The van der Waals surface area contributed by atoms with E-state index in [-0.39, 0.29) is 6.42 Å². The molecule has 0 atom stereocenters. The second-order valence-electron chi connectivity index (χ2n) is 4.27. The van der Waals surface area contributed by atoms with Crippen LogP contribution in [-0.2, 0) is 11.2 Å². The van der Waals surface area contributed by atoms with Crippen LogP contribution in [0.25, 0.3) is 0 Å². The van der Waals surface area contributed by atoms with E-state index in [1.54, 1.807) is 6.20 Å². The Bertz CT molecular complexity index is 383. The Balaban J connectivity index is 2.15. The third kappa shape index (κ3) is 2.45. The molecule has 0 unspecified atom stereocenters. The molecule has 0 amide bonds. The van der Waals surface area contributed by atoms with E-state index in [0.29, 0.717) is 6.04 Å². The van der Waals surface area contributed by atoms with Crippen molar-refractivity contribution in [3.05, 3.63) is 16.4 Å². The van der Waals surface area contributed by atoms with Crippen LogP contribution >= 0.6 is 15.9 Å². The molecule has 1 N–H and O–H groups in total. The second kappa shape index (κ2) is 4.99. The van der Waals surface area contributed by atoms with E-state index in [1.807, 2.05) is 4.68 Å². The number of hydrogen-bond acceptors (Lipinski definition) is 2. The lowest BCUT2D eigenvalue weighted by Gasteiger charge is -2.22. The van der Waals surface area contributed by atoms with Crippen molar-refractivity contribution in [1.29, 1.82) is 0 Å². The number of aromatic nitrogens is 2. The molecular formula is C11H15BrN2O2. The van der Waals surface area contributed by atoms with Crippen molar-refractivity contribution in [3.63, 3.8) is 0 Å². The number of aliphatic carboxylic acids is 1. The Morgan fingerprint density at radius 3 is 2.81 bits per heavy atom. The Morgan fingerprint density at radius 1 is 1.50 bits per heavy atom. The molecule has 2 rings (SSSR count). The second-order valence-corrected chi connectivity index (χ2v) is 5.02. The first kappa shape index (κ1) is 11.6. The fourth-order valence-corrected chi connectivity index (χ4v) is 2.87. The van der Waals surface area contributed by atoms with E-state index in [4.69, 9.17) is 5.11 Å². The fourth-order valence-electron chi connectivity index (χ4n) is 2.24. The van der Waals surface area contributed by atoms with Crippen molar-refractivity contribution in [3.8, 4) is 0 Å². The maximum Gasteiger partial charge on any atom is 0.307 e. The molecule has 1 saturated carbocycles. The van der Waals surface area contributed by atoms with Crippen molar-refractivity contribution in [2.45, 2.75) is 44.6 Å². The van der Waals surface area contributed by atoms with E-state index < -0.39 is 5.97 Å². The zero-order valence-corrected chi connectivity index (χ0v) is 10.6. The van der Waals surface area contributed by atoms with Gasteiger partial charge in [0.25, 0.3) is 0 Å². The number of carboxylic acids is 1. The molecule has 1 aliphatic carbocycles. The molecule has 1 heterocycles. The Morgan fingerprint density at radius 2 is 2.19 bits per heavy atom. The van der Waals surface area contributed by atoms with Crippen LogP contribution in [0, 0.1) is 0 Å². The van der Waals surface area contributed by atoms with Gasteiger partial charge in [0.1, 0.15) is 4.60 Å². The number of nitrogens with zero attached hydrogens (tertiary/aromatic N) is 2. The summed E-state index contributed by atoms with van der Waals surface area (Å²) in [7, 11) is 0. The quantitative estimate of drug-likeness (QED) is 0.930. The van der Waals surface area contributed by atoms with E-state index in [2.05, 4.69) is 21.0 Å². The van der Waals surface area contributed by atoms with Crippen molar-refractivity contribution in [2.75, 3.05) is 0 Å². The highest BCUT2D eigenvalue weighted by Gasteiger charge is 2.20. The van der Waals surface area contributed by atoms with Gasteiger partial charge in [0.15, 0.2) is 0 Å². The number of carbonyl (C=O) groups is 1. The maximum absolute atomic E-state index is 10.6. The van der Waals surface area contributed by atoms with Gasteiger partial charge in [0.05, 0.1) is 18.7 Å². The van der Waals surface area contributed by atoms with Crippen LogP contribution in [-0.4, -0.2) is 20.9 Å². The first-order chi connectivity index (χ1) is 7.68. The monoisotopic (exact) mass is 286 g/mol. The predicted octanol–water partition coefficient (Wildman–Crippen LogP) is 2.78. The normalized spacial score (nSPS) is 17.6. The minimum atomic E-state index is -0.816. The average molecular weight is 287 g/mol. The van der Waals surface area contributed by atoms with Crippen molar-refractivity contribution in [1.82, 2.24) is 9.78 Å². The van der Waals surface area contributed by atoms with Crippen LogP contribution in [0.1, 0.15) is 43.7 Å². The summed E-state index contributed by atoms with van der Waals surface area (Å²) < 4.78 is 2.78. The smallest absolute Gasteiger partial charge is 0.307 e. The highest BCUT2D eigenvalue weighted by atomic mass is 79.9. The van der Waals surface area contributed by atoms with E-state index in [0.717, 1.165) is 23.0 Å².